The fourth-order valence-electron chi connectivity index (χ4n) is 2.02. The van der Waals surface area contributed by atoms with Crippen LogP contribution in [0.3, 0.4) is 0 Å². The van der Waals surface area contributed by atoms with Crippen molar-refractivity contribution in [3.8, 4) is 0 Å². The number of hydrogen-bond acceptors (Lipinski definition) is 0. The van der Waals surface area contributed by atoms with Gasteiger partial charge in [-0.15, -0.1) is 0 Å². The average molecular weight is 225 g/mol. The van der Waals surface area contributed by atoms with E-state index >= 15 is 0 Å². The third-order valence-electron chi connectivity index (χ3n) is 2.68. The lowest BCUT2D eigenvalue weighted by atomic mass is 9.98. The van der Waals surface area contributed by atoms with Crippen LogP contribution < -0.4 is 0 Å². The minimum Gasteiger partial charge on any atom is -0.0609 e. The molecule has 0 aromatic heterocycles. The van der Waals surface area contributed by atoms with Gasteiger partial charge in [-0.2, -0.15) is 0 Å². The number of rotatable bonds is 1. The predicted molar refractivity (Wildman–Crippen MR) is 55.4 cm³/mol. The van der Waals surface area contributed by atoms with Gasteiger partial charge in [-0.25, -0.2) is 0 Å². The van der Waals surface area contributed by atoms with Gasteiger partial charge >= 0.3 is 0 Å². The van der Waals surface area contributed by atoms with Gasteiger partial charge in [-0.05, 0) is 36.5 Å². The lowest BCUT2D eigenvalue weighted by Crippen LogP contribution is -1.90. The number of benzene rings is 1. The zero-order chi connectivity index (χ0) is 8.39. The smallest absolute Gasteiger partial charge is 0.0178 e. The lowest BCUT2D eigenvalue weighted by Gasteiger charge is -2.08. The van der Waals surface area contributed by atoms with E-state index in [0.717, 1.165) is 5.92 Å². The van der Waals surface area contributed by atoms with Crippen LogP contribution in [0.1, 0.15) is 37.2 Å². The summed E-state index contributed by atoms with van der Waals surface area (Å²) < 4.78 is 1.21. The molecule has 0 spiro atoms. The highest BCUT2D eigenvalue weighted by Gasteiger charge is 2.16. The summed E-state index contributed by atoms with van der Waals surface area (Å²) in [5.74, 6) is 0.836. The highest BCUT2D eigenvalue weighted by Crippen LogP contribution is 2.34. The summed E-state index contributed by atoms with van der Waals surface area (Å²) in [5, 5.41) is 0. The van der Waals surface area contributed by atoms with Gasteiger partial charge < -0.3 is 0 Å². The van der Waals surface area contributed by atoms with Crippen LogP contribution in [0.2, 0.25) is 0 Å². The molecule has 0 atom stereocenters. The minimum atomic E-state index is 0.836. The monoisotopic (exact) mass is 224 g/mol. The van der Waals surface area contributed by atoms with Crippen LogP contribution in [0.15, 0.2) is 28.7 Å². The van der Waals surface area contributed by atoms with Gasteiger partial charge in [0.15, 0.2) is 0 Å². The fourth-order valence-corrected chi connectivity index (χ4v) is 2.44. The Kier molecular flexibility index (Phi) is 2.50. The zero-order valence-corrected chi connectivity index (χ0v) is 8.68. The third-order valence-corrected chi connectivity index (χ3v) is 3.17. The summed E-state index contributed by atoms with van der Waals surface area (Å²) in [7, 11) is 0. The third kappa shape index (κ3) is 1.71. The molecular weight excluding hydrogens is 212 g/mol. The highest BCUT2D eigenvalue weighted by atomic mass is 79.9. The van der Waals surface area contributed by atoms with Crippen molar-refractivity contribution >= 4 is 15.9 Å². The van der Waals surface area contributed by atoms with Crippen LogP contribution >= 0.6 is 15.9 Å². The molecule has 0 N–H and O–H groups in total. The quantitative estimate of drug-likeness (QED) is 0.674. The second-order valence-electron chi connectivity index (χ2n) is 3.54. The van der Waals surface area contributed by atoms with E-state index in [2.05, 4.69) is 40.2 Å². The van der Waals surface area contributed by atoms with Crippen LogP contribution in [-0.4, -0.2) is 0 Å². The first kappa shape index (κ1) is 8.31. The minimum absolute atomic E-state index is 0.836. The lowest BCUT2D eigenvalue weighted by molar-refractivity contribution is 0.723. The molecule has 1 aromatic carbocycles. The van der Waals surface area contributed by atoms with E-state index in [1.54, 1.807) is 0 Å². The molecule has 64 valence electrons. The molecule has 0 unspecified atom stereocenters. The second-order valence-corrected chi connectivity index (χ2v) is 4.45. The van der Waals surface area contributed by atoms with Gasteiger partial charge in [0.1, 0.15) is 0 Å². The Labute approximate surface area is 82.1 Å². The summed E-state index contributed by atoms with van der Waals surface area (Å²) in [6.07, 6.45) is 5.60. The Morgan fingerprint density at radius 3 is 2.58 bits per heavy atom. The van der Waals surface area contributed by atoms with E-state index < -0.39 is 0 Å². The van der Waals surface area contributed by atoms with Crippen molar-refractivity contribution in [1.82, 2.24) is 0 Å². The van der Waals surface area contributed by atoms with E-state index in [9.17, 15) is 0 Å². The van der Waals surface area contributed by atoms with E-state index in [4.69, 9.17) is 0 Å². The van der Waals surface area contributed by atoms with Crippen molar-refractivity contribution in [2.75, 3.05) is 0 Å². The number of halogens is 1. The van der Waals surface area contributed by atoms with Crippen LogP contribution in [0.4, 0.5) is 0 Å². The van der Waals surface area contributed by atoms with Crippen molar-refractivity contribution in [3.63, 3.8) is 0 Å². The van der Waals surface area contributed by atoms with Crippen molar-refractivity contribution in [2.45, 2.75) is 31.6 Å². The van der Waals surface area contributed by atoms with Crippen LogP contribution in [0, 0.1) is 0 Å². The summed E-state index contributed by atoms with van der Waals surface area (Å²) in [6.45, 7) is 0. The van der Waals surface area contributed by atoms with Crippen molar-refractivity contribution < 1.29 is 0 Å². The van der Waals surface area contributed by atoms with E-state index in [1.165, 1.54) is 35.7 Å². The van der Waals surface area contributed by atoms with Crippen molar-refractivity contribution in [2.24, 2.45) is 0 Å². The van der Waals surface area contributed by atoms with E-state index in [-0.39, 0.29) is 0 Å². The molecule has 1 heteroatoms. The van der Waals surface area contributed by atoms with Gasteiger partial charge in [0.05, 0.1) is 0 Å². The van der Waals surface area contributed by atoms with Gasteiger partial charge in [0, 0.05) is 4.47 Å². The van der Waals surface area contributed by atoms with Crippen LogP contribution in [0.25, 0.3) is 0 Å². The Morgan fingerprint density at radius 1 is 1.17 bits per heavy atom. The molecule has 0 aliphatic heterocycles. The molecule has 1 aromatic rings. The average Bonchev–Trinajstić information content (AvgIpc) is 2.56. The van der Waals surface area contributed by atoms with Gasteiger partial charge in [-0.1, -0.05) is 40.9 Å². The normalized spacial score (nSPS) is 18.4. The maximum absolute atomic E-state index is 3.51. The standard InChI is InChI=1S/C11H13Br/c12-11-7-3-6-10(8-11)9-4-1-2-5-9/h3,6-9H,1-2,4-5H2. The van der Waals surface area contributed by atoms with Crippen molar-refractivity contribution in [3.05, 3.63) is 34.3 Å². The largest absolute Gasteiger partial charge is 0.0609 e. The molecule has 1 fully saturated rings. The number of hydrogen-bond donors (Lipinski definition) is 0. The molecule has 0 heterocycles. The molecule has 0 nitrogen and oxygen atoms in total. The maximum atomic E-state index is 3.51. The summed E-state index contributed by atoms with van der Waals surface area (Å²) in [6, 6.07) is 8.74. The van der Waals surface area contributed by atoms with E-state index in [0.29, 0.717) is 0 Å². The fraction of sp³-hybridized carbons (Fsp3) is 0.455. The van der Waals surface area contributed by atoms with Crippen LogP contribution in [0.5, 0.6) is 0 Å². The first-order valence-electron chi connectivity index (χ1n) is 4.62. The Balaban J connectivity index is 2.21. The molecule has 0 radical (unpaired) electrons. The molecular formula is C11H13Br. The first-order chi connectivity index (χ1) is 5.86. The molecule has 0 bridgehead atoms. The Hall–Kier alpha value is -0.300. The highest BCUT2D eigenvalue weighted by molar-refractivity contribution is 9.10. The second kappa shape index (κ2) is 3.61. The SMILES string of the molecule is Brc1cccc(C2CCCC2)c1. The van der Waals surface area contributed by atoms with Crippen LogP contribution in [-0.2, 0) is 0 Å². The topological polar surface area (TPSA) is 0 Å². The molecule has 1 aliphatic carbocycles. The molecule has 0 amide bonds. The summed E-state index contributed by atoms with van der Waals surface area (Å²) in [4.78, 5) is 0. The van der Waals surface area contributed by atoms with Gasteiger partial charge in [0.25, 0.3) is 0 Å². The molecule has 1 saturated carbocycles. The van der Waals surface area contributed by atoms with Gasteiger partial charge in [-0.3, -0.25) is 0 Å². The summed E-state index contributed by atoms with van der Waals surface area (Å²) in [5.41, 5.74) is 1.52. The molecule has 1 aliphatic rings. The van der Waals surface area contributed by atoms with Crippen molar-refractivity contribution in [1.29, 1.82) is 0 Å². The Bertz CT molecular complexity index is 261. The summed E-state index contributed by atoms with van der Waals surface area (Å²) >= 11 is 3.51. The maximum Gasteiger partial charge on any atom is 0.0178 e. The predicted octanol–water partition coefficient (Wildman–Crippen LogP) is 4.11. The van der Waals surface area contributed by atoms with Gasteiger partial charge in [0.2, 0.25) is 0 Å². The molecule has 2 rings (SSSR count). The zero-order valence-electron chi connectivity index (χ0n) is 7.09. The van der Waals surface area contributed by atoms with E-state index in [1.807, 2.05) is 0 Å². The first-order valence-corrected chi connectivity index (χ1v) is 5.41. The Morgan fingerprint density at radius 2 is 1.92 bits per heavy atom. The molecule has 0 saturated heterocycles. The molecule has 12 heavy (non-hydrogen) atoms.